The van der Waals surface area contributed by atoms with Crippen LogP contribution in [0.4, 0.5) is 0 Å². The van der Waals surface area contributed by atoms with E-state index in [9.17, 15) is 4.79 Å². The number of esters is 1. The van der Waals surface area contributed by atoms with Crippen molar-refractivity contribution in [1.29, 1.82) is 0 Å². The first-order chi connectivity index (χ1) is 9.57. The van der Waals surface area contributed by atoms with Gasteiger partial charge in [0.05, 0.1) is 13.0 Å². The fourth-order valence-electron chi connectivity index (χ4n) is 3.93. The van der Waals surface area contributed by atoms with Crippen molar-refractivity contribution < 1.29 is 9.53 Å². The van der Waals surface area contributed by atoms with E-state index in [0.717, 1.165) is 11.8 Å². The predicted octanol–water partition coefficient (Wildman–Crippen LogP) is 3.62. The average molecular weight is 281 g/mol. The molecule has 0 aromatic rings. The highest BCUT2D eigenvalue weighted by atomic mass is 16.5. The van der Waals surface area contributed by atoms with Gasteiger partial charge in [0.15, 0.2) is 0 Å². The third-order valence-corrected chi connectivity index (χ3v) is 5.28. The van der Waals surface area contributed by atoms with Gasteiger partial charge in [-0.15, -0.1) is 0 Å². The van der Waals surface area contributed by atoms with Gasteiger partial charge in [0.25, 0.3) is 0 Å². The Morgan fingerprint density at radius 3 is 2.30 bits per heavy atom. The first kappa shape index (κ1) is 15.8. The third kappa shape index (κ3) is 3.55. The van der Waals surface area contributed by atoms with E-state index in [1.807, 2.05) is 6.92 Å². The van der Waals surface area contributed by atoms with E-state index in [1.54, 1.807) is 0 Å². The Morgan fingerprint density at radius 2 is 1.80 bits per heavy atom. The summed E-state index contributed by atoms with van der Waals surface area (Å²) in [5, 5.41) is 0. The minimum Gasteiger partial charge on any atom is -0.466 e. The molecule has 1 heterocycles. The lowest BCUT2D eigenvalue weighted by Gasteiger charge is -2.55. The summed E-state index contributed by atoms with van der Waals surface area (Å²) in [7, 11) is 0. The second-order valence-corrected chi connectivity index (χ2v) is 7.02. The summed E-state index contributed by atoms with van der Waals surface area (Å²) in [6.07, 6.45) is 8.24. The van der Waals surface area contributed by atoms with Gasteiger partial charge in [-0.25, -0.2) is 0 Å². The minimum absolute atomic E-state index is 0.000969. The van der Waals surface area contributed by atoms with Crippen molar-refractivity contribution >= 4 is 5.97 Å². The zero-order valence-corrected chi connectivity index (χ0v) is 13.5. The standard InChI is InChI=1S/C17H31NO2/c1-4-20-16(19)13-17(11-15(12-17)14(2)3)18-9-7-5-6-8-10-18/h14-15H,4-13H2,1-3H3. The van der Waals surface area contributed by atoms with Gasteiger partial charge in [-0.1, -0.05) is 26.7 Å². The molecular weight excluding hydrogens is 250 g/mol. The molecule has 0 N–H and O–H groups in total. The van der Waals surface area contributed by atoms with Gasteiger partial charge in [0.2, 0.25) is 0 Å². The van der Waals surface area contributed by atoms with E-state index >= 15 is 0 Å². The SMILES string of the molecule is CCOC(=O)CC1(N2CCCCCC2)CC(C(C)C)C1. The maximum Gasteiger partial charge on any atom is 0.307 e. The molecule has 1 aliphatic carbocycles. The number of hydrogen-bond acceptors (Lipinski definition) is 3. The minimum atomic E-state index is -0.000969. The molecule has 0 amide bonds. The molecule has 3 heteroatoms. The topological polar surface area (TPSA) is 29.5 Å². The van der Waals surface area contributed by atoms with Crippen molar-refractivity contribution in [1.82, 2.24) is 4.90 Å². The van der Waals surface area contributed by atoms with Crippen molar-refractivity contribution in [2.24, 2.45) is 11.8 Å². The molecule has 0 bridgehead atoms. The molecule has 2 fully saturated rings. The lowest BCUT2D eigenvalue weighted by Crippen LogP contribution is -2.59. The van der Waals surface area contributed by atoms with Crippen LogP contribution in [0.15, 0.2) is 0 Å². The highest BCUT2D eigenvalue weighted by molar-refractivity contribution is 5.71. The number of hydrogen-bond donors (Lipinski definition) is 0. The Labute approximate surface area is 124 Å². The molecule has 1 saturated heterocycles. The Morgan fingerprint density at radius 1 is 1.20 bits per heavy atom. The van der Waals surface area contributed by atoms with Crippen LogP contribution < -0.4 is 0 Å². The molecule has 2 aliphatic rings. The van der Waals surface area contributed by atoms with Crippen LogP contribution in [0.2, 0.25) is 0 Å². The van der Waals surface area contributed by atoms with Crippen LogP contribution in [0.25, 0.3) is 0 Å². The van der Waals surface area contributed by atoms with E-state index in [2.05, 4.69) is 18.7 Å². The van der Waals surface area contributed by atoms with E-state index < -0.39 is 0 Å². The zero-order valence-electron chi connectivity index (χ0n) is 13.5. The van der Waals surface area contributed by atoms with Crippen molar-refractivity contribution in [3.05, 3.63) is 0 Å². The maximum atomic E-state index is 12.0. The summed E-state index contributed by atoms with van der Waals surface area (Å²) in [5.41, 5.74) is 0.117. The maximum absolute atomic E-state index is 12.0. The Kier molecular flexibility index (Phi) is 5.48. The van der Waals surface area contributed by atoms with Crippen molar-refractivity contribution in [3.8, 4) is 0 Å². The molecule has 2 rings (SSSR count). The predicted molar refractivity (Wildman–Crippen MR) is 81.6 cm³/mol. The van der Waals surface area contributed by atoms with E-state index in [4.69, 9.17) is 4.74 Å². The number of carbonyl (C=O) groups is 1. The second kappa shape index (κ2) is 6.93. The van der Waals surface area contributed by atoms with Crippen LogP contribution in [-0.2, 0) is 9.53 Å². The van der Waals surface area contributed by atoms with Gasteiger partial charge in [-0.05, 0) is 57.5 Å². The summed E-state index contributed by atoms with van der Waals surface area (Å²) >= 11 is 0. The zero-order chi connectivity index (χ0) is 14.6. The number of ether oxygens (including phenoxy) is 1. The summed E-state index contributed by atoms with van der Waals surface area (Å²) in [5.74, 6) is 1.52. The lowest BCUT2D eigenvalue weighted by molar-refractivity contribution is -0.151. The molecular formula is C17H31NO2. The molecule has 1 saturated carbocycles. The van der Waals surface area contributed by atoms with Crippen molar-refractivity contribution in [3.63, 3.8) is 0 Å². The highest BCUT2D eigenvalue weighted by Gasteiger charge is 2.50. The first-order valence-corrected chi connectivity index (χ1v) is 8.48. The van der Waals surface area contributed by atoms with Gasteiger partial charge in [0, 0.05) is 5.54 Å². The largest absolute Gasteiger partial charge is 0.466 e. The van der Waals surface area contributed by atoms with Crippen molar-refractivity contribution in [2.75, 3.05) is 19.7 Å². The lowest BCUT2D eigenvalue weighted by atomic mass is 9.61. The van der Waals surface area contributed by atoms with E-state index in [1.165, 1.54) is 51.6 Å². The molecule has 0 aromatic heterocycles. The summed E-state index contributed by atoms with van der Waals surface area (Å²) in [6.45, 7) is 9.36. The van der Waals surface area contributed by atoms with Crippen LogP contribution in [0, 0.1) is 11.8 Å². The van der Waals surface area contributed by atoms with Gasteiger partial charge in [-0.3, -0.25) is 9.69 Å². The Hall–Kier alpha value is -0.570. The number of carbonyl (C=O) groups excluding carboxylic acids is 1. The van der Waals surface area contributed by atoms with Gasteiger partial charge >= 0.3 is 5.97 Å². The van der Waals surface area contributed by atoms with Crippen LogP contribution in [0.3, 0.4) is 0 Å². The fraction of sp³-hybridized carbons (Fsp3) is 0.941. The monoisotopic (exact) mass is 281 g/mol. The van der Waals surface area contributed by atoms with Crippen LogP contribution >= 0.6 is 0 Å². The summed E-state index contributed by atoms with van der Waals surface area (Å²) in [6, 6.07) is 0. The molecule has 20 heavy (non-hydrogen) atoms. The summed E-state index contributed by atoms with van der Waals surface area (Å²) in [4.78, 5) is 14.6. The molecule has 0 radical (unpaired) electrons. The molecule has 0 spiro atoms. The Balaban J connectivity index is 2.02. The van der Waals surface area contributed by atoms with E-state index in [0.29, 0.717) is 13.0 Å². The van der Waals surface area contributed by atoms with Crippen molar-refractivity contribution in [2.45, 2.75) is 71.3 Å². The molecule has 3 nitrogen and oxygen atoms in total. The molecule has 0 unspecified atom stereocenters. The van der Waals surface area contributed by atoms with Crippen LogP contribution in [0.1, 0.15) is 65.7 Å². The Bertz CT molecular complexity index is 313. The quantitative estimate of drug-likeness (QED) is 0.721. The van der Waals surface area contributed by atoms with E-state index in [-0.39, 0.29) is 11.5 Å². The smallest absolute Gasteiger partial charge is 0.307 e. The fourth-order valence-corrected chi connectivity index (χ4v) is 3.93. The molecule has 116 valence electrons. The molecule has 0 aromatic carbocycles. The second-order valence-electron chi connectivity index (χ2n) is 7.02. The average Bonchev–Trinajstić information content (AvgIpc) is 2.62. The summed E-state index contributed by atoms with van der Waals surface area (Å²) < 4.78 is 5.23. The number of nitrogens with zero attached hydrogens (tertiary/aromatic N) is 1. The van der Waals surface area contributed by atoms with Gasteiger partial charge < -0.3 is 4.74 Å². The van der Waals surface area contributed by atoms with Crippen LogP contribution in [-0.4, -0.2) is 36.1 Å². The molecule has 0 atom stereocenters. The number of rotatable bonds is 5. The third-order valence-electron chi connectivity index (χ3n) is 5.28. The van der Waals surface area contributed by atoms with Crippen LogP contribution in [0.5, 0.6) is 0 Å². The number of likely N-dealkylation sites (tertiary alicyclic amines) is 1. The first-order valence-electron chi connectivity index (χ1n) is 8.48. The molecule has 1 aliphatic heterocycles. The van der Waals surface area contributed by atoms with Gasteiger partial charge in [0.1, 0.15) is 0 Å². The normalized spacial score (nSPS) is 31.7. The van der Waals surface area contributed by atoms with Gasteiger partial charge in [-0.2, -0.15) is 0 Å². The highest BCUT2D eigenvalue weighted by Crippen LogP contribution is 2.49.